The molecule has 1 atom stereocenters. The molecule has 0 aromatic heterocycles. The van der Waals surface area contributed by atoms with Crippen LogP contribution < -0.4 is 0 Å². The van der Waals surface area contributed by atoms with Crippen molar-refractivity contribution in [1.82, 2.24) is 0 Å². The lowest BCUT2D eigenvalue weighted by Gasteiger charge is -2.32. The van der Waals surface area contributed by atoms with Crippen molar-refractivity contribution in [3.63, 3.8) is 0 Å². The molecule has 3 rings (SSSR count). The molecule has 0 spiro atoms. The van der Waals surface area contributed by atoms with E-state index in [1.165, 1.54) is 22.6 Å². The smallest absolute Gasteiger partial charge is 0.335 e. The van der Waals surface area contributed by atoms with Gasteiger partial charge in [-0.15, -0.1) is 11.8 Å². The number of carboxylic acid groups (broad SMARTS) is 1. The van der Waals surface area contributed by atoms with Gasteiger partial charge in [0.05, 0.1) is 5.56 Å². The number of aliphatic hydroxyl groups excluding tert-OH is 1. The molecular weight excluding hydrogens is 332 g/mol. The van der Waals surface area contributed by atoms with E-state index in [4.69, 9.17) is 5.11 Å². The van der Waals surface area contributed by atoms with Crippen molar-refractivity contribution >= 4 is 17.7 Å². The summed E-state index contributed by atoms with van der Waals surface area (Å²) in [4.78, 5) is 12.1. The quantitative estimate of drug-likeness (QED) is 0.794. The van der Waals surface area contributed by atoms with Gasteiger partial charge in [0.1, 0.15) is 6.10 Å². The molecule has 0 saturated carbocycles. The number of carboxylic acids is 1. The molecule has 1 aliphatic heterocycles. The van der Waals surface area contributed by atoms with Gasteiger partial charge in [0, 0.05) is 10.5 Å². The Kier molecular flexibility index (Phi) is 4.89. The van der Waals surface area contributed by atoms with Crippen LogP contribution in [0.4, 0.5) is 0 Å². The number of hydrogen-bond acceptors (Lipinski definition) is 3. The Morgan fingerprint density at radius 2 is 1.92 bits per heavy atom. The molecular formula is C21H20O3S. The van der Waals surface area contributed by atoms with Crippen LogP contribution in [0.5, 0.6) is 0 Å². The van der Waals surface area contributed by atoms with E-state index in [0.29, 0.717) is 5.56 Å². The van der Waals surface area contributed by atoms with Gasteiger partial charge in [-0.05, 0) is 59.0 Å². The van der Waals surface area contributed by atoms with Crippen LogP contribution in [0.2, 0.25) is 0 Å². The standard InChI is InChI=1S/C21H20O3S/c1-21(2)11-12-25-19-10-8-16(13-17(19)21)18(22)9-5-14-3-6-15(7-4-14)20(23)24/h3-4,6-8,10,13,18,22H,11-12H2,1-2H3,(H,23,24). The van der Waals surface area contributed by atoms with Gasteiger partial charge in [-0.1, -0.05) is 37.8 Å². The van der Waals surface area contributed by atoms with Crippen molar-refractivity contribution in [1.29, 1.82) is 0 Å². The highest BCUT2D eigenvalue weighted by atomic mass is 32.2. The number of thioether (sulfide) groups is 1. The highest BCUT2D eigenvalue weighted by molar-refractivity contribution is 7.99. The van der Waals surface area contributed by atoms with Gasteiger partial charge in [-0.25, -0.2) is 4.79 Å². The summed E-state index contributed by atoms with van der Waals surface area (Å²) >= 11 is 1.86. The Balaban J connectivity index is 1.83. The Hall–Kier alpha value is -2.22. The lowest BCUT2D eigenvalue weighted by molar-refractivity contribution is 0.0697. The van der Waals surface area contributed by atoms with Gasteiger partial charge >= 0.3 is 5.97 Å². The van der Waals surface area contributed by atoms with E-state index >= 15 is 0 Å². The fraction of sp³-hybridized carbons (Fsp3) is 0.286. The molecule has 1 unspecified atom stereocenters. The van der Waals surface area contributed by atoms with E-state index in [1.54, 1.807) is 12.1 Å². The molecule has 1 aliphatic rings. The molecule has 0 aliphatic carbocycles. The molecule has 2 N–H and O–H groups in total. The second kappa shape index (κ2) is 6.95. The van der Waals surface area contributed by atoms with Crippen molar-refractivity contribution in [2.75, 3.05) is 5.75 Å². The summed E-state index contributed by atoms with van der Waals surface area (Å²) in [7, 11) is 0. The Bertz CT molecular complexity index is 857. The first-order valence-corrected chi connectivity index (χ1v) is 9.15. The van der Waals surface area contributed by atoms with E-state index in [9.17, 15) is 9.90 Å². The summed E-state index contributed by atoms with van der Waals surface area (Å²) in [5.74, 6) is 5.92. The van der Waals surface area contributed by atoms with Crippen molar-refractivity contribution in [3.8, 4) is 11.8 Å². The summed E-state index contributed by atoms with van der Waals surface area (Å²) in [6, 6.07) is 12.4. The molecule has 0 fully saturated rings. The van der Waals surface area contributed by atoms with Gasteiger partial charge < -0.3 is 10.2 Å². The lowest BCUT2D eigenvalue weighted by Crippen LogP contribution is -2.23. The van der Waals surface area contributed by atoms with Crippen LogP contribution in [0, 0.1) is 11.8 Å². The van der Waals surface area contributed by atoms with Crippen LogP contribution in [0.1, 0.15) is 53.4 Å². The number of aliphatic hydroxyl groups is 1. The minimum Gasteiger partial charge on any atom is -0.478 e. The molecule has 2 aromatic carbocycles. The third-order valence-electron chi connectivity index (χ3n) is 4.52. The first-order chi connectivity index (χ1) is 11.9. The first kappa shape index (κ1) is 17.6. The first-order valence-electron chi connectivity index (χ1n) is 8.17. The van der Waals surface area contributed by atoms with Gasteiger partial charge in [0.15, 0.2) is 0 Å². The third-order valence-corrected chi connectivity index (χ3v) is 5.59. The van der Waals surface area contributed by atoms with E-state index < -0.39 is 12.1 Å². The maximum absolute atomic E-state index is 10.9. The Morgan fingerprint density at radius 3 is 2.60 bits per heavy atom. The zero-order chi connectivity index (χ0) is 18.0. The summed E-state index contributed by atoms with van der Waals surface area (Å²) < 4.78 is 0. The average Bonchev–Trinajstić information content (AvgIpc) is 2.59. The van der Waals surface area contributed by atoms with Crippen LogP contribution in [-0.2, 0) is 5.41 Å². The Morgan fingerprint density at radius 1 is 1.20 bits per heavy atom. The molecule has 2 aromatic rings. The predicted molar refractivity (Wildman–Crippen MR) is 100 cm³/mol. The van der Waals surface area contributed by atoms with Crippen molar-refractivity contribution in [3.05, 3.63) is 64.7 Å². The number of carbonyl (C=O) groups is 1. The van der Waals surface area contributed by atoms with Crippen LogP contribution >= 0.6 is 11.8 Å². The average molecular weight is 352 g/mol. The minimum absolute atomic E-state index is 0.108. The highest BCUT2D eigenvalue weighted by Crippen LogP contribution is 2.42. The Labute approximate surface area is 152 Å². The molecule has 0 bridgehead atoms. The molecule has 1 heterocycles. The number of aromatic carboxylic acids is 1. The number of hydrogen-bond donors (Lipinski definition) is 2. The molecule has 0 saturated heterocycles. The predicted octanol–water partition coefficient (Wildman–Crippen LogP) is 4.24. The monoisotopic (exact) mass is 352 g/mol. The number of benzene rings is 2. The second-order valence-electron chi connectivity index (χ2n) is 6.79. The molecule has 0 amide bonds. The zero-order valence-corrected chi connectivity index (χ0v) is 15.1. The maximum atomic E-state index is 10.9. The van der Waals surface area contributed by atoms with Crippen molar-refractivity contribution in [2.24, 2.45) is 0 Å². The van der Waals surface area contributed by atoms with E-state index in [1.807, 2.05) is 17.8 Å². The molecule has 3 nitrogen and oxygen atoms in total. The third kappa shape index (κ3) is 3.89. The second-order valence-corrected chi connectivity index (χ2v) is 7.93. The number of rotatable bonds is 2. The largest absolute Gasteiger partial charge is 0.478 e. The van der Waals surface area contributed by atoms with Crippen LogP contribution in [0.15, 0.2) is 47.4 Å². The molecule has 128 valence electrons. The van der Waals surface area contributed by atoms with Crippen molar-refractivity contribution in [2.45, 2.75) is 36.7 Å². The van der Waals surface area contributed by atoms with Crippen LogP contribution in [-0.4, -0.2) is 21.9 Å². The van der Waals surface area contributed by atoms with E-state index in [0.717, 1.165) is 17.7 Å². The summed E-state index contributed by atoms with van der Waals surface area (Å²) in [6.07, 6.45) is 0.249. The lowest BCUT2D eigenvalue weighted by atomic mass is 9.81. The topological polar surface area (TPSA) is 57.5 Å². The van der Waals surface area contributed by atoms with Crippen molar-refractivity contribution < 1.29 is 15.0 Å². The normalized spacial score (nSPS) is 16.3. The van der Waals surface area contributed by atoms with E-state index in [-0.39, 0.29) is 11.0 Å². The minimum atomic E-state index is -0.964. The SMILES string of the molecule is CC1(C)CCSc2ccc(C(O)C#Cc3ccc(C(=O)O)cc3)cc21. The summed E-state index contributed by atoms with van der Waals surface area (Å²) in [6.45, 7) is 4.47. The van der Waals surface area contributed by atoms with Gasteiger partial charge in [-0.2, -0.15) is 0 Å². The number of fused-ring (bicyclic) bond motifs is 1. The fourth-order valence-electron chi connectivity index (χ4n) is 2.85. The zero-order valence-electron chi connectivity index (χ0n) is 14.2. The van der Waals surface area contributed by atoms with Crippen LogP contribution in [0.25, 0.3) is 0 Å². The summed E-state index contributed by atoms with van der Waals surface area (Å²) in [5.41, 5.74) is 3.08. The summed E-state index contributed by atoms with van der Waals surface area (Å²) in [5, 5.41) is 19.3. The molecule has 0 radical (unpaired) electrons. The highest BCUT2D eigenvalue weighted by Gasteiger charge is 2.28. The van der Waals surface area contributed by atoms with Gasteiger partial charge in [0.2, 0.25) is 0 Å². The maximum Gasteiger partial charge on any atom is 0.335 e. The fourth-order valence-corrected chi connectivity index (χ4v) is 4.34. The molecule has 25 heavy (non-hydrogen) atoms. The van der Waals surface area contributed by atoms with Gasteiger partial charge in [0.25, 0.3) is 0 Å². The van der Waals surface area contributed by atoms with Gasteiger partial charge in [-0.3, -0.25) is 0 Å². The van der Waals surface area contributed by atoms with Crippen LogP contribution in [0.3, 0.4) is 0 Å². The van der Waals surface area contributed by atoms with E-state index in [2.05, 4.69) is 37.8 Å². The molecule has 4 heteroatoms.